The Morgan fingerprint density at radius 2 is 2.00 bits per heavy atom. The first-order valence-electron chi connectivity index (χ1n) is 6.96. The first-order chi connectivity index (χ1) is 10.8. The van der Waals surface area contributed by atoms with Gasteiger partial charge in [0, 0.05) is 26.2 Å². The summed E-state index contributed by atoms with van der Waals surface area (Å²) >= 11 is 0. The van der Waals surface area contributed by atoms with Crippen LogP contribution in [-0.4, -0.2) is 48.9 Å². The number of carboxylic acid groups (broad SMARTS) is 1. The van der Waals surface area contributed by atoms with Crippen LogP contribution in [0.3, 0.4) is 0 Å². The fourth-order valence-electron chi connectivity index (χ4n) is 2.53. The fraction of sp³-hybridized carbons (Fsp3) is 0.462. The van der Waals surface area contributed by atoms with Gasteiger partial charge in [-0.3, -0.25) is 14.9 Å². The smallest absolute Gasteiger partial charge is 0.306 e. The van der Waals surface area contributed by atoms with Gasteiger partial charge in [0.25, 0.3) is 5.69 Å². The summed E-state index contributed by atoms with van der Waals surface area (Å²) in [7, 11) is -2.38. The van der Waals surface area contributed by atoms with Crippen LogP contribution < -0.4 is 5.32 Å². The predicted octanol–water partition coefficient (Wildman–Crippen LogP) is 1.12. The number of hydrogen-bond donors (Lipinski definition) is 2. The van der Waals surface area contributed by atoms with Gasteiger partial charge in [0.05, 0.1) is 15.7 Å². The molecular weight excluding hydrogens is 326 g/mol. The molecule has 2 N–H and O–H groups in total. The lowest BCUT2D eigenvalue weighted by molar-refractivity contribution is -0.384. The van der Waals surface area contributed by atoms with Crippen LogP contribution in [0.2, 0.25) is 0 Å². The molecule has 1 aliphatic rings. The second kappa shape index (κ2) is 6.50. The van der Waals surface area contributed by atoms with E-state index >= 15 is 0 Å². The molecule has 0 aromatic heterocycles. The zero-order valence-electron chi connectivity index (χ0n) is 12.4. The second-order valence-corrected chi connectivity index (χ2v) is 7.14. The maximum Gasteiger partial charge on any atom is 0.306 e. The molecule has 1 aliphatic heterocycles. The largest absolute Gasteiger partial charge is 0.481 e. The zero-order chi connectivity index (χ0) is 17.2. The van der Waals surface area contributed by atoms with E-state index in [9.17, 15) is 23.3 Å². The van der Waals surface area contributed by atoms with Crippen molar-refractivity contribution < 1.29 is 23.2 Å². The highest BCUT2D eigenvalue weighted by molar-refractivity contribution is 7.89. The van der Waals surface area contributed by atoms with Gasteiger partial charge < -0.3 is 10.4 Å². The van der Waals surface area contributed by atoms with Gasteiger partial charge in [-0.15, -0.1) is 0 Å². The predicted molar refractivity (Wildman–Crippen MR) is 81.8 cm³/mol. The highest BCUT2D eigenvalue weighted by atomic mass is 32.2. The van der Waals surface area contributed by atoms with Crippen LogP contribution in [0.15, 0.2) is 23.1 Å². The molecule has 2 rings (SSSR count). The molecule has 10 heteroatoms. The number of nitro benzene ring substituents is 1. The first-order valence-corrected chi connectivity index (χ1v) is 8.40. The maximum atomic E-state index is 12.6. The van der Waals surface area contributed by atoms with E-state index in [1.54, 1.807) is 0 Å². The molecule has 1 heterocycles. The number of aliphatic carboxylic acids is 1. The van der Waals surface area contributed by atoms with Gasteiger partial charge in [0.2, 0.25) is 10.0 Å². The van der Waals surface area contributed by atoms with Crippen molar-refractivity contribution in [3.63, 3.8) is 0 Å². The molecule has 1 fully saturated rings. The Bertz CT molecular complexity index is 725. The number of nitro groups is 1. The fourth-order valence-corrected chi connectivity index (χ4v) is 4.02. The average Bonchev–Trinajstić information content (AvgIpc) is 2.54. The van der Waals surface area contributed by atoms with E-state index in [4.69, 9.17) is 5.11 Å². The van der Waals surface area contributed by atoms with Crippen molar-refractivity contribution in [2.24, 2.45) is 5.92 Å². The lowest BCUT2D eigenvalue weighted by Crippen LogP contribution is -2.40. The average molecular weight is 343 g/mol. The number of nitrogens with one attached hydrogen (secondary N) is 1. The molecular formula is C13H17N3O6S. The molecule has 9 nitrogen and oxygen atoms in total. The Morgan fingerprint density at radius 1 is 1.39 bits per heavy atom. The Labute approximate surface area is 133 Å². The Kier molecular flexibility index (Phi) is 4.85. The summed E-state index contributed by atoms with van der Waals surface area (Å²) in [6, 6.07) is 3.66. The molecule has 1 aromatic rings. The van der Waals surface area contributed by atoms with Crippen LogP contribution in [-0.2, 0) is 14.8 Å². The normalized spacial score (nSPS) is 16.9. The summed E-state index contributed by atoms with van der Waals surface area (Å²) in [5.74, 6) is -1.49. The monoisotopic (exact) mass is 343 g/mol. The lowest BCUT2D eigenvalue weighted by atomic mass is 9.99. The maximum absolute atomic E-state index is 12.6. The third-order valence-corrected chi connectivity index (χ3v) is 5.77. The summed E-state index contributed by atoms with van der Waals surface area (Å²) in [6.45, 7) is 0.168. The first kappa shape index (κ1) is 17.2. The molecule has 0 unspecified atom stereocenters. The van der Waals surface area contributed by atoms with Crippen LogP contribution in [0.25, 0.3) is 0 Å². The van der Waals surface area contributed by atoms with Gasteiger partial charge in [0.15, 0.2) is 0 Å². The Hall–Kier alpha value is -2.20. The molecule has 0 bridgehead atoms. The summed E-state index contributed by atoms with van der Waals surface area (Å²) in [6.07, 6.45) is 0.455. The Morgan fingerprint density at radius 3 is 2.48 bits per heavy atom. The van der Waals surface area contributed by atoms with Crippen molar-refractivity contribution in [3.05, 3.63) is 28.3 Å². The number of carbonyl (C=O) groups is 1. The Balaban J connectivity index is 2.29. The SMILES string of the molecule is CNc1ccc(S(=O)(=O)N2CCC(C(=O)O)CC2)cc1[N+](=O)[O-]. The minimum Gasteiger partial charge on any atom is -0.481 e. The summed E-state index contributed by atoms with van der Waals surface area (Å²) in [5.41, 5.74) is -0.104. The number of rotatable bonds is 5. The zero-order valence-corrected chi connectivity index (χ0v) is 13.2. The molecule has 23 heavy (non-hydrogen) atoms. The number of anilines is 1. The third-order valence-electron chi connectivity index (χ3n) is 3.88. The molecule has 0 spiro atoms. The van der Waals surface area contributed by atoms with Gasteiger partial charge in [-0.05, 0) is 25.0 Å². The van der Waals surface area contributed by atoms with Crippen molar-refractivity contribution in [1.29, 1.82) is 0 Å². The van der Waals surface area contributed by atoms with Gasteiger partial charge in [0.1, 0.15) is 5.69 Å². The molecule has 0 radical (unpaired) electrons. The number of nitrogens with zero attached hydrogens (tertiary/aromatic N) is 2. The quantitative estimate of drug-likeness (QED) is 0.605. The van der Waals surface area contributed by atoms with Gasteiger partial charge in [-0.1, -0.05) is 0 Å². The van der Waals surface area contributed by atoms with Crippen LogP contribution in [0.5, 0.6) is 0 Å². The second-order valence-electron chi connectivity index (χ2n) is 5.20. The van der Waals surface area contributed by atoms with Crippen LogP contribution >= 0.6 is 0 Å². The molecule has 1 aromatic carbocycles. The highest BCUT2D eigenvalue weighted by Crippen LogP contribution is 2.30. The number of hydrogen-bond acceptors (Lipinski definition) is 6. The molecule has 1 saturated heterocycles. The van der Waals surface area contributed by atoms with Crippen LogP contribution in [0, 0.1) is 16.0 Å². The number of piperidine rings is 1. The molecule has 0 aliphatic carbocycles. The topological polar surface area (TPSA) is 130 Å². The summed E-state index contributed by atoms with van der Waals surface area (Å²) < 4.78 is 26.3. The summed E-state index contributed by atoms with van der Waals surface area (Å²) in [4.78, 5) is 21.1. The van der Waals surface area contributed by atoms with Crippen molar-refractivity contribution in [2.45, 2.75) is 17.7 Å². The minimum atomic E-state index is -3.88. The number of carboxylic acids is 1. The molecule has 0 saturated carbocycles. The summed E-state index contributed by atoms with van der Waals surface area (Å²) in [5, 5.41) is 22.6. The van der Waals surface area contributed by atoms with E-state index in [0.29, 0.717) is 0 Å². The standard InChI is InChI=1S/C13H17N3O6S/c1-14-11-3-2-10(8-12(11)16(19)20)23(21,22)15-6-4-9(5-7-15)13(17)18/h2-3,8-9,14H,4-7H2,1H3,(H,17,18). The lowest BCUT2D eigenvalue weighted by Gasteiger charge is -2.29. The van der Waals surface area contributed by atoms with E-state index < -0.39 is 26.8 Å². The van der Waals surface area contributed by atoms with Gasteiger partial charge >= 0.3 is 5.97 Å². The molecule has 126 valence electrons. The van der Waals surface area contributed by atoms with E-state index in [1.165, 1.54) is 23.5 Å². The minimum absolute atomic E-state index is 0.0842. The number of benzene rings is 1. The number of sulfonamides is 1. The van der Waals surface area contributed by atoms with Crippen molar-refractivity contribution >= 4 is 27.4 Å². The third kappa shape index (κ3) is 3.42. The highest BCUT2D eigenvalue weighted by Gasteiger charge is 2.33. The van der Waals surface area contributed by atoms with E-state index in [2.05, 4.69) is 5.32 Å². The molecule has 0 atom stereocenters. The van der Waals surface area contributed by atoms with Crippen LogP contribution in [0.1, 0.15) is 12.8 Å². The molecule has 0 amide bonds. The van der Waals surface area contributed by atoms with Gasteiger partial charge in [-0.2, -0.15) is 4.31 Å². The van der Waals surface area contributed by atoms with Crippen LogP contribution in [0.4, 0.5) is 11.4 Å². The van der Waals surface area contributed by atoms with E-state index in [-0.39, 0.29) is 42.2 Å². The van der Waals surface area contributed by atoms with Crippen molar-refractivity contribution in [1.82, 2.24) is 4.31 Å². The van der Waals surface area contributed by atoms with Crippen molar-refractivity contribution in [2.75, 3.05) is 25.5 Å². The van der Waals surface area contributed by atoms with E-state index in [1.807, 2.05) is 0 Å². The van der Waals surface area contributed by atoms with Crippen molar-refractivity contribution in [3.8, 4) is 0 Å². The van der Waals surface area contributed by atoms with E-state index in [0.717, 1.165) is 6.07 Å². The van der Waals surface area contributed by atoms with Gasteiger partial charge in [-0.25, -0.2) is 8.42 Å².